The normalized spacial score (nSPS) is 11.5. The Hall–Kier alpha value is -3.62. The van der Waals surface area contributed by atoms with Gasteiger partial charge in [-0.1, -0.05) is 348 Å². The zero-order valence-corrected chi connectivity index (χ0v) is 54.6. The quantitative estimate of drug-likeness (QED) is 0.0312. The van der Waals surface area contributed by atoms with Crippen LogP contribution in [0.5, 0.6) is 17.2 Å². The molecular weight excluding hydrogens is 1030 g/mol. The smallest absolute Gasteiger partial charge is 0.269 e. The van der Waals surface area contributed by atoms with Gasteiger partial charge in [0.2, 0.25) is 17.5 Å². The van der Waals surface area contributed by atoms with Crippen molar-refractivity contribution >= 4 is 5.69 Å². The highest BCUT2D eigenvalue weighted by Gasteiger charge is 2.21. The van der Waals surface area contributed by atoms with Crippen LogP contribution < -0.4 is 14.2 Å². The summed E-state index contributed by atoms with van der Waals surface area (Å²) in [6.45, 7) is 8.68. The third-order valence-electron chi connectivity index (χ3n) is 17.3. The number of aromatic nitrogens is 2. The first-order chi connectivity index (χ1) is 41.1. The molecule has 9 nitrogen and oxygen atoms in total. The Labute approximate surface area is 511 Å². The summed E-state index contributed by atoms with van der Waals surface area (Å²) in [4.78, 5) is 11.0. The Balaban J connectivity index is 1.52. The second-order valence-corrected chi connectivity index (χ2v) is 25.1. The lowest BCUT2D eigenvalue weighted by molar-refractivity contribution is -0.384. The van der Waals surface area contributed by atoms with Crippen LogP contribution in [0.4, 0.5) is 5.69 Å². The Kier molecular flexibility index (Phi) is 48.8. The third kappa shape index (κ3) is 40.4. The van der Waals surface area contributed by atoms with E-state index in [1.54, 1.807) is 12.1 Å². The van der Waals surface area contributed by atoms with Crippen molar-refractivity contribution in [1.82, 2.24) is 10.2 Å². The van der Waals surface area contributed by atoms with E-state index < -0.39 is 4.92 Å². The van der Waals surface area contributed by atoms with Crippen LogP contribution in [0.25, 0.3) is 22.9 Å². The molecular formula is C74H129N3O6. The fraction of sp³-hybridized carbons (Fsp3) is 0.811. The lowest BCUT2D eigenvalue weighted by Crippen LogP contribution is -2.07. The monoisotopic (exact) mass is 1160 g/mol. The Morgan fingerprint density at radius 3 is 0.807 bits per heavy atom. The summed E-state index contributed by atoms with van der Waals surface area (Å²) in [6.07, 6.45) is 72.6. The highest BCUT2D eigenvalue weighted by atomic mass is 16.6. The average Bonchev–Trinajstić information content (AvgIpc) is 4.20. The minimum Gasteiger partial charge on any atom is -0.490 e. The Morgan fingerprint density at radius 1 is 0.325 bits per heavy atom. The van der Waals surface area contributed by atoms with Crippen molar-refractivity contribution in [2.24, 2.45) is 0 Å². The summed E-state index contributed by atoms with van der Waals surface area (Å²) in [5.41, 5.74) is 1.34. The van der Waals surface area contributed by atoms with Gasteiger partial charge in [-0.05, 0) is 43.5 Å². The van der Waals surface area contributed by atoms with Gasteiger partial charge in [0, 0.05) is 23.3 Å². The van der Waals surface area contributed by atoms with Crippen LogP contribution in [0.2, 0.25) is 0 Å². The van der Waals surface area contributed by atoms with Crippen molar-refractivity contribution in [2.75, 3.05) is 19.8 Å². The molecule has 0 bridgehead atoms. The molecule has 0 atom stereocenters. The number of rotatable bonds is 63. The summed E-state index contributed by atoms with van der Waals surface area (Å²) >= 11 is 0. The van der Waals surface area contributed by atoms with E-state index in [9.17, 15) is 10.1 Å². The van der Waals surface area contributed by atoms with Gasteiger partial charge in [0.25, 0.3) is 5.69 Å². The molecule has 9 heteroatoms. The summed E-state index contributed by atoms with van der Waals surface area (Å²) in [7, 11) is 0. The summed E-state index contributed by atoms with van der Waals surface area (Å²) in [5, 5.41) is 20.2. The number of nitrogens with zero attached hydrogens (tertiary/aromatic N) is 3. The second kappa shape index (κ2) is 55.0. The number of nitro groups is 1. The van der Waals surface area contributed by atoms with Crippen LogP contribution in [-0.4, -0.2) is 34.9 Å². The van der Waals surface area contributed by atoms with Crippen molar-refractivity contribution in [3.05, 3.63) is 46.5 Å². The maximum absolute atomic E-state index is 11.4. The molecule has 3 aromatic rings. The molecule has 0 saturated carbocycles. The number of nitro benzene ring substituents is 1. The average molecular weight is 1160 g/mol. The second-order valence-electron chi connectivity index (χ2n) is 25.1. The van der Waals surface area contributed by atoms with Gasteiger partial charge in [0.15, 0.2) is 11.5 Å². The maximum atomic E-state index is 11.4. The Morgan fingerprint density at radius 2 is 0.554 bits per heavy atom. The van der Waals surface area contributed by atoms with E-state index in [0.29, 0.717) is 60.0 Å². The van der Waals surface area contributed by atoms with E-state index in [1.807, 2.05) is 12.1 Å². The number of non-ortho nitro benzene ring substituents is 1. The SMILES string of the molecule is CCCCCCCCCCCCCCCCCCCCOc1cc(-c2nnc(-c3ccc([N+](=O)[O-])cc3)o2)cc(OCCCCCCCCCCCCCCCCCCCC)c1OCCCCCCCCCCCCCCCCCCCC. The van der Waals surface area contributed by atoms with Crippen molar-refractivity contribution in [2.45, 2.75) is 367 Å². The molecule has 83 heavy (non-hydrogen) atoms. The zero-order chi connectivity index (χ0) is 59.0. The van der Waals surface area contributed by atoms with Gasteiger partial charge >= 0.3 is 0 Å². The van der Waals surface area contributed by atoms with Crippen molar-refractivity contribution in [3.63, 3.8) is 0 Å². The largest absolute Gasteiger partial charge is 0.490 e. The van der Waals surface area contributed by atoms with E-state index in [0.717, 1.165) is 38.5 Å². The van der Waals surface area contributed by atoms with Gasteiger partial charge in [0.1, 0.15) is 0 Å². The van der Waals surface area contributed by atoms with Gasteiger partial charge in [-0.25, -0.2) is 0 Å². The molecule has 0 spiro atoms. The Bertz CT molecular complexity index is 1820. The molecule has 1 heterocycles. The van der Waals surface area contributed by atoms with Crippen LogP contribution in [0, 0.1) is 10.1 Å². The lowest BCUT2D eigenvalue weighted by atomic mass is 10.0. The number of ether oxygens (including phenoxy) is 3. The predicted molar refractivity (Wildman–Crippen MR) is 355 cm³/mol. The van der Waals surface area contributed by atoms with Crippen LogP contribution in [-0.2, 0) is 0 Å². The molecule has 0 unspecified atom stereocenters. The first-order valence-corrected chi connectivity index (χ1v) is 36.2. The molecule has 0 aliphatic carbocycles. The van der Waals surface area contributed by atoms with Gasteiger partial charge in [-0.2, -0.15) is 0 Å². The van der Waals surface area contributed by atoms with Gasteiger partial charge in [0.05, 0.1) is 24.7 Å². The topological polar surface area (TPSA) is 110 Å². The van der Waals surface area contributed by atoms with Crippen LogP contribution >= 0.6 is 0 Å². The molecule has 0 amide bonds. The fourth-order valence-electron chi connectivity index (χ4n) is 11.8. The molecule has 0 N–H and O–H groups in total. The van der Waals surface area contributed by atoms with Gasteiger partial charge in [-0.3, -0.25) is 10.1 Å². The van der Waals surface area contributed by atoms with Crippen LogP contribution in [0.1, 0.15) is 367 Å². The molecule has 1 aromatic heterocycles. The van der Waals surface area contributed by atoms with E-state index in [1.165, 1.54) is 320 Å². The van der Waals surface area contributed by atoms with Crippen molar-refractivity contribution in [1.29, 1.82) is 0 Å². The number of benzene rings is 2. The summed E-state index contributed by atoms with van der Waals surface area (Å²) < 4.78 is 26.3. The molecule has 0 aliphatic heterocycles. The first-order valence-electron chi connectivity index (χ1n) is 36.2. The van der Waals surface area contributed by atoms with Crippen molar-refractivity contribution < 1.29 is 23.6 Å². The van der Waals surface area contributed by atoms with Gasteiger partial charge in [-0.15, -0.1) is 10.2 Å². The number of hydrogen-bond donors (Lipinski definition) is 0. The molecule has 0 aliphatic rings. The molecule has 3 rings (SSSR count). The van der Waals surface area contributed by atoms with E-state index in [2.05, 4.69) is 31.0 Å². The minimum atomic E-state index is -0.403. The molecule has 2 aromatic carbocycles. The summed E-state index contributed by atoms with van der Waals surface area (Å²) in [5.74, 6) is 2.61. The number of unbranched alkanes of at least 4 members (excludes halogenated alkanes) is 51. The first kappa shape index (κ1) is 73.6. The summed E-state index contributed by atoms with van der Waals surface area (Å²) in [6, 6.07) is 10.2. The molecule has 0 radical (unpaired) electrons. The molecule has 0 saturated heterocycles. The van der Waals surface area contributed by atoms with E-state index in [4.69, 9.17) is 18.6 Å². The molecule has 0 fully saturated rings. The maximum Gasteiger partial charge on any atom is 0.269 e. The van der Waals surface area contributed by atoms with Crippen LogP contribution in [0.3, 0.4) is 0 Å². The standard InChI is InChI=1S/C74H129N3O6/c1-4-7-10-13-16-19-22-25-28-31-34-37-40-43-46-49-52-55-62-80-70-65-68(74-76-75-73(83-74)67-58-60-69(61-59-67)77(78)79)66-71(81-63-56-53-50-47-44-41-38-35-32-29-26-23-20-17-14-11-8-5-2)72(70)82-64-57-54-51-48-45-42-39-36-33-30-27-24-21-18-15-12-9-6-3/h58-61,65-66H,4-57,62-64H2,1-3H3. The lowest BCUT2D eigenvalue weighted by Gasteiger charge is -2.18. The minimum absolute atomic E-state index is 0.0160. The highest BCUT2D eigenvalue weighted by molar-refractivity contribution is 5.67. The fourth-order valence-corrected chi connectivity index (χ4v) is 11.8. The zero-order valence-electron chi connectivity index (χ0n) is 54.6. The number of hydrogen-bond acceptors (Lipinski definition) is 8. The predicted octanol–water partition coefficient (Wildman–Crippen LogP) is 25.6. The van der Waals surface area contributed by atoms with E-state index >= 15 is 0 Å². The molecule has 476 valence electrons. The van der Waals surface area contributed by atoms with Crippen molar-refractivity contribution in [3.8, 4) is 40.2 Å². The van der Waals surface area contributed by atoms with Gasteiger partial charge < -0.3 is 18.6 Å². The third-order valence-corrected chi connectivity index (χ3v) is 17.3. The van der Waals surface area contributed by atoms with E-state index in [-0.39, 0.29) is 5.69 Å². The van der Waals surface area contributed by atoms with Crippen LogP contribution in [0.15, 0.2) is 40.8 Å². The highest BCUT2D eigenvalue weighted by Crippen LogP contribution is 2.43.